The molecule has 1 aliphatic rings. The molecule has 3 aromatic carbocycles. The van der Waals surface area contributed by atoms with Crippen molar-refractivity contribution in [3.63, 3.8) is 0 Å². The van der Waals surface area contributed by atoms with E-state index in [1.54, 1.807) is 0 Å². The fraction of sp³-hybridized carbons (Fsp3) is 0.200. The maximum absolute atomic E-state index is 5.81. The van der Waals surface area contributed by atoms with Gasteiger partial charge in [-0.3, -0.25) is 5.43 Å². The SMILES string of the molecule is CCOc1ccc(C2=NNC(c3ccc(C)cc3)=Nc3ccccc32)cc1OCC. The Bertz CT molecular complexity index is 1100. The molecule has 0 radical (unpaired) electrons. The van der Waals surface area contributed by atoms with Crippen molar-refractivity contribution in [2.24, 2.45) is 10.1 Å². The highest BCUT2D eigenvalue weighted by Crippen LogP contribution is 2.32. The van der Waals surface area contributed by atoms with Gasteiger partial charge in [0.05, 0.1) is 18.9 Å². The van der Waals surface area contributed by atoms with Crippen LogP contribution in [0.25, 0.3) is 0 Å². The van der Waals surface area contributed by atoms with Crippen molar-refractivity contribution < 1.29 is 9.47 Å². The molecule has 3 aromatic rings. The van der Waals surface area contributed by atoms with Crippen molar-refractivity contribution >= 4 is 17.2 Å². The van der Waals surface area contributed by atoms with Crippen LogP contribution >= 0.6 is 0 Å². The van der Waals surface area contributed by atoms with Gasteiger partial charge in [0.2, 0.25) is 0 Å². The smallest absolute Gasteiger partial charge is 0.161 e. The molecule has 4 rings (SSSR count). The van der Waals surface area contributed by atoms with Gasteiger partial charge >= 0.3 is 0 Å². The lowest BCUT2D eigenvalue weighted by molar-refractivity contribution is 0.287. The average Bonchev–Trinajstić information content (AvgIpc) is 2.96. The van der Waals surface area contributed by atoms with Gasteiger partial charge in [0.25, 0.3) is 0 Å². The molecule has 1 aliphatic heterocycles. The molecule has 0 aromatic heterocycles. The number of benzene rings is 3. The maximum Gasteiger partial charge on any atom is 0.161 e. The van der Waals surface area contributed by atoms with Crippen LogP contribution in [0.1, 0.15) is 36.1 Å². The van der Waals surface area contributed by atoms with Gasteiger partial charge in [0.15, 0.2) is 17.3 Å². The lowest BCUT2D eigenvalue weighted by Crippen LogP contribution is -2.19. The van der Waals surface area contributed by atoms with Crippen LogP contribution in [-0.4, -0.2) is 24.8 Å². The summed E-state index contributed by atoms with van der Waals surface area (Å²) in [5, 5.41) is 4.73. The van der Waals surface area contributed by atoms with Crippen LogP contribution in [0.3, 0.4) is 0 Å². The van der Waals surface area contributed by atoms with Gasteiger partial charge < -0.3 is 9.47 Å². The molecule has 5 nitrogen and oxygen atoms in total. The fourth-order valence-electron chi connectivity index (χ4n) is 3.34. The molecule has 30 heavy (non-hydrogen) atoms. The average molecular weight is 399 g/mol. The molecule has 0 saturated carbocycles. The monoisotopic (exact) mass is 399 g/mol. The Morgan fingerprint density at radius 1 is 0.800 bits per heavy atom. The quantitative estimate of drug-likeness (QED) is 0.618. The van der Waals surface area contributed by atoms with Crippen LogP contribution in [-0.2, 0) is 0 Å². The lowest BCUT2D eigenvalue weighted by atomic mass is 10.0. The number of aryl methyl sites for hydroxylation is 1. The first kappa shape index (κ1) is 19.7. The molecule has 1 heterocycles. The molecule has 0 atom stereocenters. The molecule has 0 unspecified atom stereocenters. The highest BCUT2D eigenvalue weighted by molar-refractivity contribution is 6.18. The number of nitrogens with zero attached hydrogens (tertiary/aromatic N) is 2. The number of hydrogen-bond donors (Lipinski definition) is 1. The van der Waals surface area contributed by atoms with Crippen molar-refractivity contribution in [1.82, 2.24) is 5.43 Å². The Kier molecular flexibility index (Phi) is 5.80. The lowest BCUT2D eigenvalue weighted by Gasteiger charge is -2.14. The van der Waals surface area contributed by atoms with E-state index in [9.17, 15) is 0 Å². The number of nitrogens with one attached hydrogen (secondary N) is 1. The highest BCUT2D eigenvalue weighted by Gasteiger charge is 2.18. The van der Waals surface area contributed by atoms with E-state index in [0.29, 0.717) is 24.8 Å². The van der Waals surface area contributed by atoms with Gasteiger partial charge in [-0.1, -0.05) is 48.0 Å². The zero-order valence-electron chi connectivity index (χ0n) is 17.5. The van der Waals surface area contributed by atoms with E-state index in [1.165, 1.54) is 5.56 Å². The summed E-state index contributed by atoms with van der Waals surface area (Å²) in [4.78, 5) is 4.86. The van der Waals surface area contributed by atoms with Gasteiger partial charge in [-0.25, -0.2) is 4.99 Å². The van der Waals surface area contributed by atoms with E-state index in [-0.39, 0.29) is 0 Å². The molecule has 1 N–H and O–H groups in total. The summed E-state index contributed by atoms with van der Waals surface area (Å²) in [6.07, 6.45) is 0. The molecule has 5 heteroatoms. The first-order valence-corrected chi connectivity index (χ1v) is 10.2. The number of hydrazone groups is 1. The van der Waals surface area contributed by atoms with Gasteiger partial charge in [0, 0.05) is 16.7 Å². The Hall–Kier alpha value is -3.60. The number of rotatable bonds is 6. The van der Waals surface area contributed by atoms with Gasteiger partial charge in [-0.2, -0.15) is 5.10 Å². The van der Waals surface area contributed by atoms with Crippen LogP contribution in [0, 0.1) is 6.92 Å². The minimum absolute atomic E-state index is 0.561. The van der Waals surface area contributed by atoms with Crippen molar-refractivity contribution in [1.29, 1.82) is 0 Å². The molecular formula is C25H25N3O2. The highest BCUT2D eigenvalue weighted by atomic mass is 16.5. The van der Waals surface area contributed by atoms with E-state index in [1.807, 2.05) is 68.4 Å². The van der Waals surface area contributed by atoms with E-state index >= 15 is 0 Å². The van der Waals surface area contributed by atoms with E-state index in [0.717, 1.165) is 33.8 Å². The van der Waals surface area contributed by atoms with Crippen LogP contribution in [0.5, 0.6) is 11.5 Å². The van der Waals surface area contributed by atoms with E-state index < -0.39 is 0 Å². The van der Waals surface area contributed by atoms with Crippen LogP contribution in [0.4, 0.5) is 5.69 Å². The molecular weight excluding hydrogens is 374 g/mol. The van der Waals surface area contributed by atoms with Crippen molar-refractivity contribution in [2.75, 3.05) is 13.2 Å². The number of hydrogen-bond acceptors (Lipinski definition) is 5. The molecule has 0 bridgehead atoms. The minimum atomic E-state index is 0.561. The molecule has 0 saturated heterocycles. The summed E-state index contributed by atoms with van der Waals surface area (Å²) in [5.74, 6) is 2.16. The third kappa shape index (κ3) is 4.06. The summed E-state index contributed by atoms with van der Waals surface area (Å²) in [7, 11) is 0. The Balaban J connectivity index is 1.78. The topological polar surface area (TPSA) is 55.2 Å². The summed E-state index contributed by atoms with van der Waals surface area (Å²) < 4.78 is 11.5. The Morgan fingerprint density at radius 3 is 2.27 bits per heavy atom. The Labute approximate surface area is 177 Å². The molecule has 0 fully saturated rings. The molecule has 0 spiro atoms. The van der Waals surface area contributed by atoms with E-state index in [4.69, 9.17) is 19.6 Å². The number of ether oxygens (including phenoxy) is 2. The third-order valence-corrected chi connectivity index (χ3v) is 4.81. The van der Waals surface area contributed by atoms with Gasteiger partial charge in [-0.15, -0.1) is 0 Å². The second-order valence-electron chi connectivity index (χ2n) is 6.94. The minimum Gasteiger partial charge on any atom is -0.490 e. The number of aliphatic imine (C=N–C) groups is 1. The Morgan fingerprint density at radius 2 is 1.50 bits per heavy atom. The second-order valence-corrected chi connectivity index (χ2v) is 6.94. The van der Waals surface area contributed by atoms with Crippen LogP contribution < -0.4 is 14.9 Å². The number of fused-ring (bicyclic) bond motifs is 1. The maximum atomic E-state index is 5.81. The summed E-state index contributed by atoms with van der Waals surface area (Å²) in [6, 6.07) is 22.2. The molecule has 0 aliphatic carbocycles. The van der Waals surface area contributed by atoms with Crippen LogP contribution in [0.15, 0.2) is 76.8 Å². The van der Waals surface area contributed by atoms with E-state index in [2.05, 4.69) is 24.5 Å². The predicted molar refractivity (Wildman–Crippen MR) is 121 cm³/mol. The van der Waals surface area contributed by atoms with Crippen molar-refractivity contribution in [2.45, 2.75) is 20.8 Å². The van der Waals surface area contributed by atoms with Crippen LogP contribution in [0.2, 0.25) is 0 Å². The summed E-state index contributed by atoms with van der Waals surface area (Å²) in [5.41, 5.74) is 8.92. The zero-order valence-corrected chi connectivity index (χ0v) is 17.5. The summed E-state index contributed by atoms with van der Waals surface area (Å²) in [6.45, 7) is 7.14. The standard InChI is InChI=1S/C25H25N3O2/c1-4-29-22-15-14-19(16-23(22)30-5-2)24-20-8-6-7-9-21(20)26-25(28-27-24)18-12-10-17(3)11-13-18/h6-16H,4-5H2,1-3H3,(H,26,28). The first-order valence-electron chi connectivity index (χ1n) is 10.2. The van der Waals surface area contributed by atoms with Gasteiger partial charge in [-0.05, 0) is 45.0 Å². The zero-order chi connectivity index (χ0) is 20.9. The number of para-hydroxylation sites is 1. The third-order valence-electron chi connectivity index (χ3n) is 4.81. The molecule has 0 amide bonds. The largest absolute Gasteiger partial charge is 0.490 e. The fourth-order valence-corrected chi connectivity index (χ4v) is 3.34. The molecule has 152 valence electrons. The summed E-state index contributed by atoms with van der Waals surface area (Å²) >= 11 is 0. The van der Waals surface area contributed by atoms with Crippen molar-refractivity contribution in [3.8, 4) is 11.5 Å². The first-order chi connectivity index (χ1) is 14.7. The predicted octanol–water partition coefficient (Wildman–Crippen LogP) is 5.23. The normalized spacial score (nSPS) is 12.8. The van der Waals surface area contributed by atoms with Crippen molar-refractivity contribution in [3.05, 3.63) is 89.0 Å². The second kappa shape index (κ2) is 8.82. The number of amidine groups is 1. The van der Waals surface area contributed by atoms with Gasteiger partial charge in [0.1, 0.15) is 5.71 Å².